The zero-order valence-corrected chi connectivity index (χ0v) is 14.8. The first-order chi connectivity index (χ1) is 11.9. The van der Waals surface area contributed by atoms with E-state index in [9.17, 15) is 9.59 Å². The van der Waals surface area contributed by atoms with Crippen LogP contribution in [0.15, 0.2) is 36.4 Å². The van der Waals surface area contributed by atoms with Crippen molar-refractivity contribution in [3.05, 3.63) is 52.5 Å². The molecule has 7 heteroatoms. The lowest BCUT2D eigenvalue weighted by atomic mass is 10.1. The molecule has 0 saturated carbocycles. The second-order valence-electron chi connectivity index (χ2n) is 5.14. The predicted molar refractivity (Wildman–Crippen MR) is 94.4 cm³/mol. The second kappa shape index (κ2) is 8.39. The Labute approximate surface area is 150 Å². The SMILES string of the molecule is COc1cc(NC(C)=O)c(C(=O)OCc2ccc(Cl)cc2)cc1OC. The van der Waals surface area contributed by atoms with Gasteiger partial charge in [-0.25, -0.2) is 4.79 Å². The Bertz CT molecular complexity index is 774. The number of hydrogen-bond acceptors (Lipinski definition) is 5. The summed E-state index contributed by atoms with van der Waals surface area (Å²) in [6.07, 6.45) is 0. The molecule has 0 saturated heterocycles. The average molecular weight is 364 g/mol. The molecular weight excluding hydrogens is 346 g/mol. The molecule has 0 aliphatic carbocycles. The van der Waals surface area contributed by atoms with E-state index in [4.69, 9.17) is 25.8 Å². The Hall–Kier alpha value is -2.73. The Morgan fingerprint density at radius 3 is 2.20 bits per heavy atom. The molecule has 6 nitrogen and oxygen atoms in total. The molecule has 2 rings (SSSR count). The van der Waals surface area contributed by atoms with Crippen molar-refractivity contribution in [2.45, 2.75) is 13.5 Å². The third kappa shape index (κ3) is 4.87. The maximum absolute atomic E-state index is 12.5. The van der Waals surface area contributed by atoms with Crippen LogP contribution in [0.25, 0.3) is 0 Å². The number of benzene rings is 2. The number of methoxy groups -OCH3 is 2. The minimum atomic E-state index is -0.598. The molecule has 2 aromatic rings. The van der Waals surface area contributed by atoms with E-state index in [1.807, 2.05) is 0 Å². The summed E-state index contributed by atoms with van der Waals surface area (Å²) in [6.45, 7) is 1.42. The van der Waals surface area contributed by atoms with Crippen LogP contribution >= 0.6 is 11.6 Å². The summed E-state index contributed by atoms with van der Waals surface area (Å²) in [5.41, 5.74) is 1.24. The monoisotopic (exact) mass is 363 g/mol. The number of carbonyl (C=O) groups is 2. The van der Waals surface area contributed by atoms with Crippen LogP contribution in [0.4, 0.5) is 5.69 Å². The van der Waals surface area contributed by atoms with Gasteiger partial charge in [0.25, 0.3) is 0 Å². The van der Waals surface area contributed by atoms with Gasteiger partial charge in [0.05, 0.1) is 25.5 Å². The number of esters is 1. The Kier molecular flexibility index (Phi) is 6.25. The molecule has 2 aromatic carbocycles. The van der Waals surface area contributed by atoms with Crippen LogP contribution in [0.3, 0.4) is 0 Å². The molecule has 0 aromatic heterocycles. The van der Waals surface area contributed by atoms with Gasteiger partial charge in [-0.1, -0.05) is 23.7 Å². The van der Waals surface area contributed by atoms with Gasteiger partial charge < -0.3 is 19.5 Å². The number of halogens is 1. The van der Waals surface area contributed by atoms with Gasteiger partial charge >= 0.3 is 5.97 Å². The standard InChI is InChI=1S/C18H18ClNO5/c1-11(21)20-15-9-17(24-3)16(23-2)8-14(15)18(22)25-10-12-4-6-13(19)7-5-12/h4-9H,10H2,1-3H3,(H,20,21). The molecule has 0 fully saturated rings. The fourth-order valence-electron chi connectivity index (χ4n) is 2.15. The van der Waals surface area contributed by atoms with Crippen LogP contribution < -0.4 is 14.8 Å². The molecule has 25 heavy (non-hydrogen) atoms. The van der Waals surface area contributed by atoms with E-state index in [-0.39, 0.29) is 23.8 Å². The van der Waals surface area contributed by atoms with E-state index in [0.717, 1.165) is 5.56 Å². The summed E-state index contributed by atoms with van der Waals surface area (Å²) in [7, 11) is 2.92. The molecule has 0 radical (unpaired) electrons. The summed E-state index contributed by atoms with van der Waals surface area (Å²) in [5, 5.41) is 3.19. The van der Waals surface area contributed by atoms with E-state index in [1.54, 1.807) is 24.3 Å². The zero-order valence-electron chi connectivity index (χ0n) is 14.1. The highest BCUT2D eigenvalue weighted by atomic mass is 35.5. The summed E-state index contributed by atoms with van der Waals surface area (Å²) in [4.78, 5) is 23.9. The minimum Gasteiger partial charge on any atom is -0.493 e. The number of rotatable bonds is 6. The van der Waals surface area contributed by atoms with E-state index < -0.39 is 5.97 Å². The maximum atomic E-state index is 12.5. The Morgan fingerprint density at radius 2 is 1.64 bits per heavy atom. The molecule has 0 bridgehead atoms. The molecule has 1 N–H and O–H groups in total. The molecule has 1 amide bonds. The van der Waals surface area contributed by atoms with Gasteiger partial charge in [-0.05, 0) is 17.7 Å². The Balaban J connectivity index is 2.26. The Morgan fingerprint density at radius 1 is 1.04 bits per heavy atom. The van der Waals surface area contributed by atoms with Crippen molar-refractivity contribution in [3.8, 4) is 11.5 Å². The summed E-state index contributed by atoms with van der Waals surface area (Å²) in [6, 6.07) is 9.93. The first-order valence-electron chi connectivity index (χ1n) is 7.39. The highest BCUT2D eigenvalue weighted by Crippen LogP contribution is 2.34. The van der Waals surface area contributed by atoms with E-state index in [0.29, 0.717) is 16.5 Å². The van der Waals surface area contributed by atoms with Crippen LogP contribution in [0.2, 0.25) is 5.02 Å². The topological polar surface area (TPSA) is 73.9 Å². The molecule has 132 valence electrons. The third-order valence-corrected chi connectivity index (χ3v) is 3.59. The normalized spacial score (nSPS) is 10.1. The number of nitrogens with one attached hydrogen (secondary N) is 1. The third-order valence-electron chi connectivity index (χ3n) is 3.34. The molecule has 0 atom stereocenters. The number of anilines is 1. The molecule has 0 heterocycles. The van der Waals surface area contributed by atoms with E-state index >= 15 is 0 Å². The van der Waals surface area contributed by atoms with Gasteiger partial charge in [0.15, 0.2) is 11.5 Å². The molecule has 0 unspecified atom stereocenters. The molecule has 0 aliphatic rings. The van der Waals surface area contributed by atoms with Crippen molar-refractivity contribution in [3.63, 3.8) is 0 Å². The van der Waals surface area contributed by atoms with Crippen LogP contribution in [0.1, 0.15) is 22.8 Å². The quantitative estimate of drug-likeness (QED) is 0.792. The molecular formula is C18H18ClNO5. The highest BCUT2D eigenvalue weighted by Gasteiger charge is 2.19. The lowest BCUT2D eigenvalue weighted by Crippen LogP contribution is -2.13. The van der Waals surface area contributed by atoms with E-state index in [1.165, 1.54) is 33.3 Å². The van der Waals surface area contributed by atoms with Crippen LogP contribution in [-0.4, -0.2) is 26.1 Å². The van der Waals surface area contributed by atoms with Crippen LogP contribution in [-0.2, 0) is 16.1 Å². The average Bonchev–Trinajstić information content (AvgIpc) is 2.60. The van der Waals surface area contributed by atoms with Crippen molar-refractivity contribution in [1.29, 1.82) is 0 Å². The smallest absolute Gasteiger partial charge is 0.340 e. The zero-order chi connectivity index (χ0) is 18.4. The van der Waals surface area contributed by atoms with Crippen molar-refractivity contribution in [2.75, 3.05) is 19.5 Å². The van der Waals surface area contributed by atoms with Crippen molar-refractivity contribution in [2.24, 2.45) is 0 Å². The van der Waals surface area contributed by atoms with Crippen LogP contribution in [0, 0.1) is 0 Å². The number of amides is 1. The van der Waals surface area contributed by atoms with Crippen molar-refractivity contribution >= 4 is 29.2 Å². The lowest BCUT2D eigenvalue weighted by Gasteiger charge is -2.14. The second-order valence-corrected chi connectivity index (χ2v) is 5.57. The fraction of sp³-hybridized carbons (Fsp3) is 0.222. The van der Waals surface area contributed by atoms with Gasteiger partial charge in [0.1, 0.15) is 6.61 Å². The largest absolute Gasteiger partial charge is 0.493 e. The van der Waals surface area contributed by atoms with E-state index in [2.05, 4.69) is 5.32 Å². The highest BCUT2D eigenvalue weighted by molar-refractivity contribution is 6.30. The number of hydrogen-bond donors (Lipinski definition) is 1. The first-order valence-corrected chi connectivity index (χ1v) is 7.77. The van der Waals surface area contributed by atoms with Gasteiger partial charge in [-0.15, -0.1) is 0 Å². The first kappa shape index (κ1) is 18.6. The minimum absolute atomic E-state index is 0.0733. The fourth-order valence-corrected chi connectivity index (χ4v) is 2.27. The summed E-state index contributed by atoms with van der Waals surface area (Å²) < 4.78 is 15.7. The number of carbonyl (C=O) groups excluding carboxylic acids is 2. The van der Waals surface area contributed by atoms with Gasteiger partial charge in [0, 0.05) is 24.1 Å². The summed E-state index contributed by atoms with van der Waals surface area (Å²) >= 11 is 5.83. The molecule has 0 aliphatic heterocycles. The van der Waals surface area contributed by atoms with Gasteiger partial charge in [0.2, 0.25) is 5.91 Å². The summed E-state index contributed by atoms with van der Waals surface area (Å²) in [5.74, 6) is -0.172. The van der Waals surface area contributed by atoms with Gasteiger partial charge in [-0.2, -0.15) is 0 Å². The molecule has 0 spiro atoms. The number of ether oxygens (including phenoxy) is 3. The van der Waals surface area contributed by atoms with Crippen LogP contribution in [0.5, 0.6) is 11.5 Å². The predicted octanol–water partition coefficient (Wildman–Crippen LogP) is 3.67. The van der Waals surface area contributed by atoms with Gasteiger partial charge in [-0.3, -0.25) is 4.79 Å². The lowest BCUT2D eigenvalue weighted by molar-refractivity contribution is -0.114. The van der Waals surface area contributed by atoms with Crippen molar-refractivity contribution in [1.82, 2.24) is 0 Å². The maximum Gasteiger partial charge on any atom is 0.340 e. The van der Waals surface area contributed by atoms with Crippen molar-refractivity contribution < 1.29 is 23.8 Å².